The van der Waals surface area contributed by atoms with Gasteiger partial charge >= 0.3 is 0 Å². The Morgan fingerprint density at radius 1 is 1.18 bits per heavy atom. The summed E-state index contributed by atoms with van der Waals surface area (Å²) in [5.41, 5.74) is 2.29. The summed E-state index contributed by atoms with van der Waals surface area (Å²) in [6.45, 7) is 0.945. The van der Waals surface area contributed by atoms with Gasteiger partial charge < -0.3 is 14.3 Å². The molecular formula is C20H23N5O3. The van der Waals surface area contributed by atoms with Crippen LogP contribution in [0.15, 0.2) is 64.2 Å². The molecule has 0 saturated carbocycles. The van der Waals surface area contributed by atoms with Crippen LogP contribution in [0.2, 0.25) is 0 Å². The van der Waals surface area contributed by atoms with E-state index >= 15 is 0 Å². The monoisotopic (exact) mass is 381 g/mol. The Labute approximate surface area is 163 Å². The van der Waals surface area contributed by atoms with Crippen LogP contribution < -0.4 is 10.5 Å². The molecule has 0 saturated heterocycles. The van der Waals surface area contributed by atoms with Gasteiger partial charge in [-0.1, -0.05) is 35.5 Å². The van der Waals surface area contributed by atoms with Crippen molar-refractivity contribution in [2.24, 2.45) is 0 Å². The molecule has 3 aromatic rings. The van der Waals surface area contributed by atoms with Gasteiger partial charge in [-0.25, -0.2) is 4.68 Å². The van der Waals surface area contributed by atoms with Crippen molar-refractivity contribution in [1.29, 1.82) is 0 Å². The zero-order valence-corrected chi connectivity index (χ0v) is 16.0. The number of benzene rings is 1. The molecule has 8 nitrogen and oxygen atoms in total. The average Bonchev–Trinajstić information content (AvgIpc) is 3.21. The van der Waals surface area contributed by atoms with E-state index in [1.807, 2.05) is 30.1 Å². The molecule has 0 spiro atoms. The summed E-state index contributed by atoms with van der Waals surface area (Å²) in [6.07, 6.45) is 3.93. The van der Waals surface area contributed by atoms with Gasteiger partial charge in [0.05, 0.1) is 18.4 Å². The van der Waals surface area contributed by atoms with Crippen LogP contribution >= 0.6 is 0 Å². The highest BCUT2D eigenvalue weighted by Crippen LogP contribution is 2.09. The first-order valence-corrected chi connectivity index (χ1v) is 8.98. The summed E-state index contributed by atoms with van der Waals surface area (Å²) < 4.78 is 5.92. The fourth-order valence-electron chi connectivity index (χ4n) is 2.72. The van der Waals surface area contributed by atoms with Crippen LogP contribution in [0, 0.1) is 0 Å². The average molecular weight is 381 g/mol. The Morgan fingerprint density at radius 2 is 1.96 bits per heavy atom. The van der Waals surface area contributed by atoms with Gasteiger partial charge in [-0.15, -0.1) is 0 Å². The third kappa shape index (κ3) is 5.06. The minimum absolute atomic E-state index is 0.124. The summed E-state index contributed by atoms with van der Waals surface area (Å²) in [4.78, 5) is 28.2. The van der Waals surface area contributed by atoms with Crippen LogP contribution in [0.5, 0.6) is 0 Å². The smallest absolute Gasteiger partial charge is 0.269 e. The number of anilines is 1. The van der Waals surface area contributed by atoms with Gasteiger partial charge in [0.1, 0.15) is 18.5 Å². The SMILES string of the molecule is CN(Cc1ccon1)C(=O)Cn1ncc(N(C)CCc2ccccc2)cc1=O. The van der Waals surface area contributed by atoms with E-state index in [-0.39, 0.29) is 18.0 Å². The lowest BCUT2D eigenvalue weighted by Crippen LogP contribution is -2.35. The Kier molecular flexibility index (Phi) is 6.21. The van der Waals surface area contributed by atoms with E-state index in [1.165, 1.54) is 22.8 Å². The Morgan fingerprint density at radius 3 is 2.64 bits per heavy atom. The molecule has 1 amide bonds. The second-order valence-electron chi connectivity index (χ2n) is 6.61. The van der Waals surface area contributed by atoms with Crippen molar-refractivity contribution in [3.63, 3.8) is 0 Å². The number of amides is 1. The minimum Gasteiger partial charge on any atom is -0.373 e. The van der Waals surface area contributed by atoms with Crippen molar-refractivity contribution in [3.8, 4) is 0 Å². The van der Waals surface area contributed by atoms with E-state index in [0.717, 1.165) is 23.3 Å². The highest BCUT2D eigenvalue weighted by atomic mass is 16.5. The fourth-order valence-corrected chi connectivity index (χ4v) is 2.72. The van der Waals surface area contributed by atoms with Gasteiger partial charge in [0.25, 0.3) is 5.56 Å². The predicted octanol–water partition coefficient (Wildman–Crippen LogP) is 1.57. The maximum Gasteiger partial charge on any atom is 0.269 e. The van der Waals surface area contributed by atoms with Crippen molar-refractivity contribution < 1.29 is 9.32 Å². The maximum atomic E-state index is 12.4. The van der Waals surface area contributed by atoms with Crippen molar-refractivity contribution in [2.45, 2.75) is 19.5 Å². The Balaban J connectivity index is 1.58. The van der Waals surface area contributed by atoms with Gasteiger partial charge in [-0.2, -0.15) is 5.10 Å². The third-order valence-corrected chi connectivity index (χ3v) is 4.48. The van der Waals surface area contributed by atoms with E-state index in [1.54, 1.807) is 19.3 Å². The van der Waals surface area contributed by atoms with Crippen molar-refractivity contribution in [2.75, 3.05) is 25.5 Å². The van der Waals surface area contributed by atoms with Crippen molar-refractivity contribution in [3.05, 3.63) is 76.5 Å². The van der Waals surface area contributed by atoms with Gasteiger partial charge in [0.2, 0.25) is 5.91 Å². The lowest BCUT2D eigenvalue weighted by Gasteiger charge is -2.19. The molecule has 0 N–H and O–H groups in total. The number of hydrogen-bond donors (Lipinski definition) is 0. The number of likely N-dealkylation sites (N-methyl/N-ethyl adjacent to an activating group) is 2. The number of rotatable bonds is 8. The van der Waals surface area contributed by atoms with E-state index in [9.17, 15) is 9.59 Å². The fraction of sp³-hybridized carbons (Fsp3) is 0.300. The first-order valence-electron chi connectivity index (χ1n) is 8.98. The standard InChI is InChI=1S/C20H23N5O3/c1-23(10-8-16-6-4-3-5-7-16)18-12-19(26)25(21-13-18)15-20(27)24(2)14-17-9-11-28-22-17/h3-7,9,11-13H,8,10,14-15H2,1-2H3. The number of carbonyl (C=O) groups excluding carboxylic acids is 1. The second-order valence-corrected chi connectivity index (χ2v) is 6.61. The summed E-state index contributed by atoms with van der Waals surface area (Å²) in [6, 6.07) is 13.3. The zero-order valence-electron chi connectivity index (χ0n) is 16.0. The van der Waals surface area contributed by atoms with Crippen molar-refractivity contribution in [1.82, 2.24) is 19.8 Å². The highest BCUT2D eigenvalue weighted by Gasteiger charge is 2.14. The maximum absolute atomic E-state index is 12.4. The van der Waals surface area contributed by atoms with Gasteiger partial charge in [-0.3, -0.25) is 9.59 Å². The van der Waals surface area contributed by atoms with E-state index in [0.29, 0.717) is 12.2 Å². The topological polar surface area (TPSA) is 84.5 Å². The number of carbonyl (C=O) groups is 1. The quantitative estimate of drug-likeness (QED) is 0.589. The van der Waals surface area contributed by atoms with Crippen molar-refractivity contribution >= 4 is 11.6 Å². The normalized spacial score (nSPS) is 10.6. The van der Waals surface area contributed by atoms with Crippen LogP contribution in [0.3, 0.4) is 0 Å². The molecule has 0 aliphatic carbocycles. The molecule has 146 valence electrons. The Hall–Kier alpha value is -3.42. The summed E-state index contributed by atoms with van der Waals surface area (Å²) in [7, 11) is 3.56. The number of hydrogen-bond acceptors (Lipinski definition) is 6. The molecule has 0 unspecified atom stereocenters. The summed E-state index contributed by atoms with van der Waals surface area (Å²) >= 11 is 0. The van der Waals surface area contributed by atoms with E-state index in [4.69, 9.17) is 4.52 Å². The largest absolute Gasteiger partial charge is 0.373 e. The van der Waals surface area contributed by atoms with E-state index in [2.05, 4.69) is 22.4 Å². The minimum atomic E-state index is -0.313. The van der Waals surface area contributed by atoms with Gasteiger partial charge in [0.15, 0.2) is 0 Å². The molecule has 0 aliphatic heterocycles. The molecule has 28 heavy (non-hydrogen) atoms. The number of nitrogens with zero attached hydrogens (tertiary/aromatic N) is 5. The zero-order chi connectivity index (χ0) is 19.9. The summed E-state index contributed by atoms with van der Waals surface area (Å²) in [5.74, 6) is -0.234. The lowest BCUT2D eigenvalue weighted by atomic mass is 10.1. The molecule has 0 radical (unpaired) electrons. The second kappa shape index (κ2) is 8.98. The highest BCUT2D eigenvalue weighted by molar-refractivity contribution is 5.75. The molecule has 0 bridgehead atoms. The van der Waals surface area contributed by atoms with Crippen LogP contribution in [0.4, 0.5) is 5.69 Å². The van der Waals surface area contributed by atoms with Crippen LogP contribution in [-0.4, -0.2) is 46.4 Å². The van der Waals surface area contributed by atoms with Crippen LogP contribution in [-0.2, 0) is 24.3 Å². The van der Waals surface area contributed by atoms with Gasteiger partial charge in [-0.05, 0) is 12.0 Å². The molecule has 1 aromatic carbocycles. The molecule has 2 aromatic heterocycles. The number of aromatic nitrogens is 3. The Bertz CT molecular complexity index is 953. The first-order chi connectivity index (χ1) is 13.5. The van der Waals surface area contributed by atoms with E-state index < -0.39 is 0 Å². The molecule has 2 heterocycles. The molecule has 0 aliphatic rings. The lowest BCUT2D eigenvalue weighted by molar-refractivity contribution is -0.131. The molecule has 0 fully saturated rings. The third-order valence-electron chi connectivity index (χ3n) is 4.48. The van der Waals surface area contributed by atoms with Gasteiger partial charge in [0, 0.05) is 32.8 Å². The summed E-state index contributed by atoms with van der Waals surface area (Å²) in [5, 5.41) is 7.93. The van der Waals surface area contributed by atoms with Crippen LogP contribution in [0.25, 0.3) is 0 Å². The molecule has 8 heteroatoms. The molecule has 0 atom stereocenters. The molecule has 3 rings (SSSR count). The molecular weight excluding hydrogens is 358 g/mol. The van der Waals surface area contributed by atoms with Crippen LogP contribution in [0.1, 0.15) is 11.3 Å². The predicted molar refractivity (Wildman–Crippen MR) is 105 cm³/mol. The first kappa shape index (κ1) is 19.3.